The molecule has 1 aliphatic rings. The molecule has 0 saturated heterocycles. The fourth-order valence-electron chi connectivity index (χ4n) is 2.14. The Labute approximate surface area is 103 Å². The lowest BCUT2D eigenvalue weighted by Gasteiger charge is -2.10. The Morgan fingerprint density at radius 2 is 2.40 bits per heavy atom. The second kappa shape index (κ2) is 5.43. The van der Waals surface area contributed by atoms with E-state index in [4.69, 9.17) is 5.73 Å². The second-order valence-corrected chi connectivity index (χ2v) is 6.12. The van der Waals surface area contributed by atoms with E-state index in [0.29, 0.717) is 6.04 Å². The Balaban J connectivity index is 1.69. The molecule has 2 nitrogen and oxygen atoms in total. The highest BCUT2D eigenvalue weighted by molar-refractivity contribution is 9.10. The van der Waals surface area contributed by atoms with Crippen molar-refractivity contribution in [1.82, 2.24) is 5.32 Å². The van der Waals surface area contributed by atoms with Crippen molar-refractivity contribution in [2.24, 2.45) is 11.7 Å². The maximum atomic E-state index is 5.88. The largest absolute Gasteiger partial charge is 0.328 e. The monoisotopic (exact) mass is 288 g/mol. The van der Waals surface area contributed by atoms with Gasteiger partial charge in [-0.15, -0.1) is 11.3 Å². The average molecular weight is 289 g/mol. The molecule has 84 valence electrons. The van der Waals surface area contributed by atoms with E-state index in [1.165, 1.54) is 28.6 Å². The molecule has 0 spiro atoms. The summed E-state index contributed by atoms with van der Waals surface area (Å²) in [5.41, 5.74) is 5.88. The molecule has 0 radical (unpaired) electrons. The summed E-state index contributed by atoms with van der Waals surface area (Å²) >= 11 is 5.34. The smallest absolute Gasteiger partial charge is 0.0327 e. The highest BCUT2D eigenvalue weighted by atomic mass is 79.9. The van der Waals surface area contributed by atoms with Crippen molar-refractivity contribution in [3.8, 4) is 0 Å². The van der Waals surface area contributed by atoms with Crippen LogP contribution in [-0.4, -0.2) is 12.6 Å². The molecule has 2 unspecified atom stereocenters. The zero-order chi connectivity index (χ0) is 10.7. The van der Waals surface area contributed by atoms with E-state index in [1.807, 2.05) is 0 Å². The Hall–Kier alpha value is 0.100. The van der Waals surface area contributed by atoms with Crippen molar-refractivity contribution in [3.63, 3.8) is 0 Å². The normalized spacial score (nSPS) is 26.0. The number of hydrogen-bond acceptors (Lipinski definition) is 3. The van der Waals surface area contributed by atoms with E-state index in [-0.39, 0.29) is 0 Å². The van der Waals surface area contributed by atoms with Crippen LogP contribution in [0, 0.1) is 5.92 Å². The molecule has 2 rings (SSSR count). The highest BCUT2D eigenvalue weighted by Crippen LogP contribution is 2.24. The Bertz CT molecular complexity index is 313. The van der Waals surface area contributed by atoms with Crippen molar-refractivity contribution in [3.05, 3.63) is 20.8 Å². The van der Waals surface area contributed by atoms with E-state index >= 15 is 0 Å². The van der Waals surface area contributed by atoms with Gasteiger partial charge in [-0.1, -0.05) is 0 Å². The summed E-state index contributed by atoms with van der Waals surface area (Å²) < 4.78 is 1.23. The summed E-state index contributed by atoms with van der Waals surface area (Å²) in [6, 6.07) is 2.55. The number of thiophene rings is 1. The molecule has 1 heterocycles. The van der Waals surface area contributed by atoms with E-state index in [0.717, 1.165) is 19.0 Å². The summed E-state index contributed by atoms with van der Waals surface area (Å²) in [6.45, 7) is 2.09. The molecule has 0 amide bonds. The van der Waals surface area contributed by atoms with E-state index in [9.17, 15) is 0 Å². The van der Waals surface area contributed by atoms with Crippen molar-refractivity contribution in [2.45, 2.75) is 31.8 Å². The molecule has 15 heavy (non-hydrogen) atoms. The van der Waals surface area contributed by atoms with Crippen LogP contribution in [0.4, 0.5) is 0 Å². The third kappa shape index (κ3) is 3.28. The Kier molecular flexibility index (Phi) is 4.20. The highest BCUT2D eigenvalue weighted by Gasteiger charge is 2.20. The van der Waals surface area contributed by atoms with Crippen LogP contribution in [0.15, 0.2) is 15.9 Å². The fraction of sp³-hybridized carbons (Fsp3) is 0.636. The molecule has 1 aromatic rings. The Morgan fingerprint density at radius 3 is 3.00 bits per heavy atom. The van der Waals surface area contributed by atoms with Crippen LogP contribution in [0.2, 0.25) is 0 Å². The van der Waals surface area contributed by atoms with Crippen LogP contribution in [0.5, 0.6) is 0 Å². The molecule has 1 fully saturated rings. The number of nitrogens with one attached hydrogen (secondary N) is 1. The lowest BCUT2D eigenvalue weighted by molar-refractivity contribution is 0.484. The summed E-state index contributed by atoms with van der Waals surface area (Å²) in [5.74, 6) is 0.790. The van der Waals surface area contributed by atoms with Crippen molar-refractivity contribution >= 4 is 27.3 Å². The van der Waals surface area contributed by atoms with Gasteiger partial charge >= 0.3 is 0 Å². The first-order chi connectivity index (χ1) is 7.25. The number of nitrogens with two attached hydrogens (primary N) is 1. The maximum Gasteiger partial charge on any atom is 0.0327 e. The summed E-state index contributed by atoms with van der Waals surface area (Å²) in [5, 5.41) is 5.63. The number of rotatable bonds is 4. The fourth-order valence-corrected chi connectivity index (χ4v) is 3.60. The van der Waals surface area contributed by atoms with Gasteiger partial charge in [0.1, 0.15) is 0 Å². The quantitative estimate of drug-likeness (QED) is 0.894. The van der Waals surface area contributed by atoms with Crippen LogP contribution < -0.4 is 11.1 Å². The predicted molar refractivity (Wildman–Crippen MR) is 69.0 cm³/mol. The van der Waals surface area contributed by atoms with Crippen molar-refractivity contribution in [1.29, 1.82) is 0 Å². The van der Waals surface area contributed by atoms with Gasteiger partial charge < -0.3 is 11.1 Å². The zero-order valence-electron chi connectivity index (χ0n) is 8.71. The molecule has 1 aliphatic carbocycles. The molecule has 3 N–H and O–H groups in total. The van der Waals surface area contributed by atoms with Crippen LogP contribution in [0.25, 0.3) is 0 Å². The van der Waals surface area contributed by atoms with Gasteiger partial charge in [-0.2, -0.15) is 0 Å². The van der Waals surface area contributed by atoms with Gasteiger partial charge in [0.05, 0.1) is 0 Å². The third-order valence-electron chi connectivity index (χ3n) is 2.99. The second-order valence-electron chi connectivity index (χ2n) is 4.26. The number of hydrogen-bond donors (Lipinski definition) is 2. The Morgan fingerprint density at radius 1 is 1.53 bits per heavy atom. The first-order valence-corrected chi connectivity index (χ1v) is 7.11. The lowest BCUT2D eigenvalue weighted by atomic mass is 10.1. The minimum atomic E-state index is 0.449. The predicted octanol–water partition coefficient (Wildman–Crippen LogP) is 2.73. The van der Waals surface area contributed by atoms with Gasteiger partial charge in [-0.05, 0) is 59.1 Å². The summed E-state index contributed by atoms with van der Waals surface area (Å²) in [7, 11) is 0. The minimum absolute atomic E-state index is 0.449. The molecule has 1 aromatic heterocycles. The third-order valence-corrected chi connectivity index (χ3v) is 4.92. The zero-order valence-corrected chi connectivity index (χ0v) is 11.1. The SMILES string of the molecule is NC1CCC(CNCc2sccc2Br)C1. The first kappa shape index (κ1) is 11.6. The molecule has 4 heteroatoms. The van der Waals surface area contributed by atoms with E-state index in [1.54, 1.807) is 11.3 Å². The van der Waals surface area contributed by atoms with E-state index < -0.39 is 0 Å². The molecule has 0 aromatic carbocycles. The van der Waals surface area contributed by atoms with Gasteiger partial charge in [0.25, 0.3) is 0 Å². The van der Waals surface area contributed by atoms with E-state index in [2.05, 4.69) is 32.7 Å². The van der Waals surface area contributed by atoms with Gasteiger partial charge in [-0.3, -0.25) is 0 Å². The maximum absolute atomic E-state index is 5.88. The first-order valence-electron chi connectivity index (χ1n) is 5.44. The molecule has 0 aliphatic heterocycles. The lowest BCUT2D eigenvalue weighted by Crippen LogP contribution is -2.22. The van der Waals surface area contributed by atoms with Gasteiger partial charge in [0.15, 0.2) is 0 Å². The van der Waals surface area contributed by atoms with Gasteiger partial charge in [-0.25, -0.2) is 0 Å². The summed E-state index contributed by atoms with van der Waals surface area (Å²) in [6.07, 6.45) is 3.69. The molecule has 1 saturated carbocycles. The number of halogens is 1. The van der Waals surface area contributed by atoms with Crippen LogP contribution >= 0.6 is 27.3 Å². The molecule has 2 atom stereocenters. The molecular formula is C11H17BrN2S. The van der Waals surface area contributed by atoms with Crippen LogP contribution in [-0.2, 0) is 6.54 Å². The van der Waals surface area contributed by atoms with Gasteiger partial charge in [0, 0.05) is 21.9 Å². The standard InChI is InChI=1S/C11H17BrN2S/c12-10-3-4-15-11(10)7-14-6-8-1-2-9(13)5-8/h3-4,8-9,14H,1-2,5-7,13H2. The average Bonchev–Trinajstić information content (AvgIpc) is 2.77. The van der Waals surface area contributed by atoms with Crippen LogP contribution in [0.3, 0.4) is 0 Å². The molecular weight excluding hydrogens is 272 g/mol. The minimum Gasteiger partial charge on any atom is -0.328 e. The van der Waals surface area contributed by atoms with Crippen molar-refractivity contribution < 1.29 is 0 Å². The summed E-state index contributed by atoms with van der Waals surface area (Å²) in [4.78, 5) is 1.39. The van der Waals surface area contributed by atoms with Crippen molar-refractivity contribution in [2.75, 3.05) is 6.54 Å². The topological polar surface area (TPSA) is 38.0 Å². The van der Waals surface area contributed by atoms with Gasteiger partial charge in [0.2, 0.25) is 0 Å². The van der Waals surface area contributed by atoms with Crippen LogP contribution in [0.1, 0.15) is 24.1 Å². The molecule has 0 bridgehead atoms.